The van der Waals surface area contributed by atoms with E-state index in [0.29, 0.717) is 24.7 Å². The molecule has 1 fully saturated rings. The van der Waals surface area contributed by atoms with Gasteiger partial charge in [0.15, 0.2) is 0 Å². The molecular formula is C16H21NO4. The SMILES string of the molecule is CCOc1cc2c(cc1NC(=O)[C@H]1CCCO1)O[C@@H](C)C2. The molecular weight excluding hydrogens is 270 g/mol. The van der Waals surface area contributed by atoms with Crippen LogP contribution < -0.4 is 14.8 Å². The zero-order chi connectivity index (χ0) is 14.8. The van der Waals surface area contributed by atoms with Crippen LogP contribution in [0.4, 0.5) is 5.69 Å². The average molecular weight is 291 g/mol. The highest BCUT2D eigenvalue weighted by molar-refractivity contribution is 5.96. The van der Waals surface area contributed by atoms with Gasteiger partial charge in [-0.3, -0.25) is 4.79 Å². The molecule has 2 aliphatic heterocycles. The highest BCUT2D eigenvalue weighted by Crippen LogP contribution is 2.38. The second-order valence-electron chi connectivity index (χ2n) is 5.51. The molecule has 1 aromatic carbocycles. The van der Waals surface area contributed by atoms with Crippen LogP contribution in [0.25, 0.3) is 0 Å². The Morgan fingerprint density at radius 3 is 3.05 bits per heavy atom. The van der Waals surface area contributed by atoms with Gasteiger partial charge in [0, 0.05) is 24.7 Å². The smallest absolute Gasteiger partial charge is 0.253 e. The maximum atomic E-state index is 12.2. The summed E-state index contributed by atoms with van der Waals surface area (Å²) in [7, 11) is 0. The minimum atomic E-state index is -0.354. The van der Waals surface area contributed by atoms with Gasteiger partial charge in [-0.25, -0.2) is 0 Å². The molecule has 0 saturated carbocycles. The lowest BCUT2D eigenvalue weighted by molar-refractivity contribution is -0.124. The number of rotatable bonds is 4. The monoisotopic (exact) mass is 291 g/mol. The van der Waals surface area contributed by atoms with Crippen molar-refractivity contribution < 1.29 is 19.0 Å². The third kappa shape index (κ3) is 2.97. The largest absolute Gasteiger partial charge is 0.492 e. The van der Waals surface area contributed by atoms with E-state index in [4.69, 9.17) is 14.2 Å². The van der Waals surface area contributed by atoms with Gasteiger partial charge in [-0.05, 0) is 32.8 Å². The molecule has 1 saturated heterocycles. The highest BCUT2D eigenvalue weighted by atomic mass is 16.5. The van der Waals surface area contributed by atoms with Crippen LogP contribution in [0.15, 0.2) is 12.1 Å². The Labute approximate surface area is 124 Å². The molecule has 114 valence electrons. The summed E-state index contributed by atoms with van der Waals surface area (Å²) in [4.78, 5) is 12.2. The zero-order valence-electron chi connectivity index (χ0n) is 12.5. The summed E-state index contributed by atoms with van der Waals surface area (Å²) in [6.45, 7) is 5.17. The normalized spacial score (nSPS) is 23.5. The van der Waals surface area contributed by atoms with Gasteiger partial charge < -0.3 is 19.5 Å². The van der Waals surface area contributed by atoms with E-state index in [2.05, 4.69) is 5.32 Å². The number of ether oxygens (including phenoxy) is 3. The van der Waals surface area contributed by atoms with E-state index >= 15 is 0 Å². The molecule has 5 heteroatoms. The third-order valence-corrected chi connectivity index (χ3v) is 3.78. The van der Waals surface area contributed by atoms with Crippen LogP contribution in [0.2, 0.25) is 0 Å². The first-order chi connectivity index (χ1) is 10.2. The number of carbonyl (C=O) groups is 1. The van der Waals surface area contributed by atoms with Crippen molar-refractivity contribution in [3.63, 3.8) is 0 Å². The zero-order valence-corrected chi connectivity index (χ0v) is 12.5. The van der Waals surface area contributed by atoms with E-state index in [1.807, 2.05) is 26.0 Å². The highest BCUT2D eigenvalue weighted by Gasteiger charge is 2.26. The Morgan fingerprint density at radius 1 is 1.48 bits per heavy atom. The number of anilines is 1. The van der Waals surface area contributed by atoms with Gasteiger partial charge in [-0.15, -0.1) is 0 Å². The molecule has 2 aliphatic rings. The van der Waals surface area contributed by atoms with Gasteiger partial charge in [-0.2, -0.15) is 0 Å². The summed E-state index contributed by atoms with van der Waals surface area (Å²) >= 11 is 0. The molecule has 0 bridgehead atoms. The minimum absolute atomic E-state index is 0.112. The molecule has 0 radical (unpaired) electrons. The molecule has 0 spiro atoms. The van der Waals surface area contributed by atoms with Gasteiger partial charge in [0.05, 0.1) is 12.3 Å². The van der Waals surface area contributed by atoms with Crippen molar-refractivity contribution in [2.75, 3.05) is 18.5 Å². The first kappa shape index (κ1) is 14.2. The molecule has 2 atom stereocenters. The first-order valence-electron chi connectivity index (χ1n) is 7.56. The van der Waals surface area contributed by atoms with Crippen molar-refractivity contribution in [2.45, 2.75) is 45.3 Å². The van der Waals surface area contributed by atoms with Crippen LogP contribution in [0.5, 0.6) is 11.5 Å². The summed E-state index contributed by atoms with van der Waals surface area (Å²) < 4.78 is 16.8. The lowest BCUT2D eigenvalue weighted by Gasteiger charge is -2.15. The Morgan fingerprint density at radius 2 is 2.33 bits per heavy atom. The lowest BCUT2D eigenvalue weighted by Crippen LogP contribution is -2.27. The predicted octanol–water partition coefficient (Wildman–Crippen LogP) is 2.53. The van der Waals surface area contributed by atoms with E-state index in [0.717, 1.165) is 30.6 Å². The van der Waals surface area contributed by atoms with Gasteiger partial charge in [0.1, 0.15) is 23.7 Å². The average Bonchev–Trinajstić information content (AvgIpc) is 3.07. The van der Waals surface area contributed by atoms with Crippen molar-refractivity contribution in [1.82, 2.24) is 0 Å². The topological polar surface area (TPSA) is 56.8 Å². The van der Waals surface area contributed by atoms with Gasteiger partial charge >= 0.3 is 0 Å². The van der Waals surface area contributed by atoms with E-state index < -0.39 is 0 Å². The van der Waals surface area contributed by atoms with Gasteiger partial charge in [0.25, 0.3) is 5.91 Å². The molecule has 1 amide bonds. The van der Waals surface area contributed by atoms with E-state index in [1.165, 1.54) is 0 Å². The van der Waals surface area contributed by atoms with Gasteiger partial charge in [0.2, 0.25) is 0 Å². The minimum Gasteiger partial charge on any atom is -0.492 e. The number of hydrogen-bond donors (Lipinski definition) is 1. The number of carbonyl (C=O) groups excluding carboxylic acids is 1. The fourth-order valence-corrected chi connectivity index (χ4v) is 2.81. The standard InChI is InChI=1S/C16H21NO4/c1-3-19-15-8-11-7-10(2)21-14(11)9-12(15)17-16(18)13-5-4-6-20-13/h8-10,13H,3-7H2,1-2H3,(H,17,18)/t10-,13+/m0/s1. The molecule has 0 unspecified atom stereocenters. The van der Waals surface area contributed by atoms with Crippen molar-refractivity contribution in [2.24, 2.45) is 0 Å². The van der Waals surface area contributed by atoms with Crippen molar-refractivity contribution in [1.29, 1.82) is 0 Å². The fourth-order valence-electron chi connectivity index (χ4n) is 2.81. The van der Waals surface area contributed by atoms with Crippen molar-refractivity contribution in [3.05, 3.63) is 17.7 Å². The number of benzene rings is 1. The van der Waals surface area contributed by atoms with E-state index in [1.54, 1.807) is 0 Å². The number of nitrogens with one attached hydrogen (secondary N) is 1. The Bertz CT molecular complexity index is 537. The maximum Gasteiger partial charge on any atom is 0.253 e. The molecule has 0 aliphatic carbocycles. The lowest BCUT2D eigenvalue weighted by atomic mass is 10.1. The summed E-state index contributed by atoms with van der Waals surface area (Å²) in [5, 5.41) is 2.91. The first-order valence-corrected chi connectivity index (χ1v) is 7.56. The van der Waals surface area contributed by atoms with Crippen LogP contribution >= 0.6 is 0 Å². The Balaban J connectivity index is 1.82. The second kappa shape index (κ2) is 5.93. The van der Waals surface area contributed by atoms with E-state index in [9.17, 15) is 4.79 Å². The van der Waals surface area contributed by atoms with Crippen molar-refractivity contribution in [3.8, 4) is 11.5 Å². The number of hydrogen-bond acceptors (Lipinski definition) is 4. The molecule has 1 aromatic rings. The Hall–Kier alpha value is -1.75. The number of fused-ring (bicyclic) bond motifs is 1. The van der Waals surface area contributed by atoms with Gasteiger partial charge in [-0.1, -0.05) is 0 Å². The molecule has 5 nitrogen and oxygen atoms in total. The summed E-state index contributed by atoms with van der Waals surface area (Å²) in [6, 6.07) is 3.82. The van der Waals surface area contributed by atoms with Crippen LogP contribution in [0.1, 0.15) is 32.3 Å². The molecule has 2 heterocycles. The molecule has 21 heavy (non-hydrogen) atoms. The Kier molecular flexibility index (Phi) is 4.01. The molecule has 3 rings (SSSR count). The maximum absolute atomic E-state index is 12.2. The summed E-state index contributed by atoms with van der Waals surface area (Å²) in [5.74, 6) is 1.41. The van der Waals surface area contributed by atoms with Crippen LogP contribution in [0, 0.1) is 0 Å². The van der Waals surface area contributed by atoms with Crippen LogP contribution in [0.3, 0.4) is 0 Å². The van der Waals surface area contributed by atoms with Crippen LogP contribution in [-0.4, -0.2) is 31.3 Å². The predicted molar refractivity (Wildman–Crippen MR) is 79.0 cm³/mol. The molecule has 1 N–H and O–H groups in total. The second-order valence-corrected chi connectivity index (χ2v) is 5.51. The van der Waals surface area contributed by atoms with E-state index in [-0.39, 0.29) is 18.1 Å². The van der Waals surface area contributed by atoms with Crippen LogP contribution in [-0.2, 0) is 16.0 Å². The quantitative estimate of drug-likeness (QED) is 0.926. The fraction of sp³-hybridized carbons (Fsp3) is 0.562. The number of amides is 1. The summed E-state index contributed by atoms with van der Waals surface area (Å²) in [5.41, 5.74) is 1.78. The third-order valence-electron chi connectivity index (χ3n) is 3.78. The van der Waals surface area contributed by atoms with Crippen molar-refractivity contribution >= 4 is 11.6 Å². The molecule has 0 aromatic heterocycles. The summed E-state index contributed by atoms with van der Waals surface area (Å²) in [6.07, 6.45) is 2.39.